The minimum absolute atomic E-state index is 0.276. The minimum atomic E-state index is -4.21. The Labute approximate surface area is 292 Å². The lowest BCUT2D eigenvalue weighted by Gasteiger charge is -2.37. The molecule has 6 aliphatic heterocycles. The molecule has 11 atom stereocenters. The number of nitrogens with one attached hydrogen (secondary N) is 1. The average molecular weight is 770 g/mol. The first-order chi connectivity index (χ1) is 24.0. The molecule has 4 unspecified atom stereocenters. The highest BCUT2D eigenvalue weighted by atomic mass is 32.5. The fourth-order valence-corrected chi connectivity index (χ4v) is 9.99. The SMILES string of the molecule is C[C@@H]1OC2[C@H]3O[C@@]14COP(O)(=S)O[C@@H]1[C@@H](COP(O)(=S)O[C@@H]24)OC([C@@H]1F)n1cnc2c(ncnc21)NC/C=C/CCc1ncnc2c1ncn23. The normalized spacial score (nSPS) is 41.0. The van der Waals surface area contributed by atoms with Crippen molar-refractivity contribution in [2.75, 3.05) is 25.1 Å². The van der Waals surface area contributed by atoms with Crippen molar-refractivity contribution in [3.63, 3.8) is 0 Å². The third kappa shape index (κ3) is 5.46. The van der Waals surface area contributed by atoms with Crippen molar-refractivity contribution in [3.8, 4) is 0 Å². The predicted molar refractivity (Wildman–Crippen MR) is 177 cm³/mol. The van der Waals surface area contributed by atoms with Gasteiger partial charge >= 0.3 is 13.4 Å². The van der Waals surface area contributed by atoms with Gasteiger partial charge in [-0.2, -0.15) is 0 Å². The van der Waals surface area contributed by atoms with Gasteiger partial charge in [0.15, 0.2) is 41.3 Å². The van der Waals surface area contributed by atoms with E-state index in [0.717, 1.165) is 5.69 Å². The van der Waals surface area contributed by atoms with Crippen molar-refractivity contribution in [2.45, 2.75) is 74.5 Å². The number of anilines is 1. The van der Waals surface area contributed by atoms with Crippen LogP contribution < -0.4 is 5.32 Å². The Bertz CT molecular complexity index is 2110. The summed E-state index contributed by atoms with van der Waals surface area (Å²) in [6.45, 7) is -7.06. The number of aromatic nitrogens is 8. The van der Waals surface area contributed by atoms with Gasteiger partial charge in [0.1, 0.15) is 48.2 Å². The average Bonchev–Trinajstić information content (AvgIpc) is 3.88. The molecular weight excluding hydrogens is 739 g/mol. The Hall–Kier alpha value is -2.49. The van der Waals surface area contributed by atoms with E-state index in [0.29, 0.717) is 41.9 Å². The molecule has 0 radical (unpaired) electrons. The first-order valence-electron chi connectivity index (χ1n) is 15.7. The van der Waals surface area contributed by atoms with Crippen LogP contribution in [0.25, 0.3) is 22.3 Å². The lowest BCUT2D eigenvalue weighted by atomic mass is 9.94. The summed E-state index contributed by atoms with van der Waals surface area (Å²) in [6, 6.07) is 0. The number of imidazole rings is 2. The summed E-state index contributed by atoms with van der Waals surface area (Å²) in [4.78, 5) is 49.4. The van der Waals surface area contributed by atoms with Crippen LogP contribution in [-0.4, -0.2) is 111 Å². The molecule has 18 nitrogen and oxygen atoms in total. The van der Waals surface area contributed by atoms with Gasteiger partial charge in [-0.3, -0.25) is 18.2 Å². The molecule has 6 aliphatic rings. The molecule has 4 aromatic rings. The van der Waals surface area contributed by atoms with Crippen LogP contribution in [0.5, 0.6) is 0 Å². The molecule has 15 bridgehead atoms. The fourth-order valence-electron chi connectivity index (χ4n) is 7.10. The van der Waals surface area contributed by atoms with E-state index in [9.17, 15) is 9.79 Å². The van der Waals surface area contributed by atoms with Crippen LogP contribution in [0.3, 0.4) is 0 Å². The summed E-state index contributed by atoms with van der Waals surface area (Å²) < 4.78 is 62.2. The van der Waals surface area contributed by atoms with Crippen molar-refractivity contribution in [2.24, 2.45) is 0 Å². The van der Waals surface area contributed by atoms with Crippen molar-refractivity contribution >= 4 is 65.2 Å². The van der Waals surface area contributed by atoms with E-state index in [1.54, 1.807) is 17.8 Å². The molecule has 10 heterocycles. The van der Waals surface area contributed by atoms with Gasteiger partial charge < -0.3 is 38.4 Å². The molecule has 0 amide bonds. The van der Waals surface area contributed by atoms with Gasteiger partial charge in [0.05, 0.1) is 37.7 Å². The maximum Gasteiger partial charge on any atom is 0.325 e. The first kappa shape index (κ1) is 33.4. The second kappa shape index (κ2) is 12.3. The summed E-state index contributed by atoms with van der Waals surface area (Å²) in [6.07, 6.45) is 1.36. The molecule has 23 heteroatoms. The molecule has 0 saturated carbocycles. The summed E-state index contributed by atoms with van der Waals surface area (Å²) >= 11 is 10.9. The Balaban J connectivity index is 1.16. The third-order valence-corrected chi connectivity index (χ3v) is 12.6. The molecule has 4 fully saturated rings. The van der Waals surface area contributed by atoms with Gasteiger partial charge in [0.25, 0.3) is 0 Å². The van der Waals surface area contributed by atoms with Crippen LogP contribution in [0.2, 0.25) is 0 Å². The Kier molecular flexibility index (Phi) is 8.20. The predicted octanol–water partition coefficient (Wildman–Crippen LogP) is 2.12. The van der Waals surface area contributed by atoms with E-state index in [2.05, 4.69) is 35.2 Å². The van der Waals surface area contributed by atoms with Crippen molar-refractivity contribution in [1.82, 2.24) is 39.0 Å². The van der Waals surface area contributed by atoms with Crippen LogP contribution in [0, 0.1) is 0 Å². The summed E-state index contributed by atoms with van der Waals surface area (Å²) in [7, 11) is 0. The highest BCUT2D eigenvalue weighted by Gasteiger charge is 2.69. The van der Waals surface area contributed by atoms with Crippen LogP contribution in [-0.2, 0) is 62.3 Å². The number of aryl methyl sites for hydroxylation is 1. The second-order valence-corrected chi connectivity index (χ2v) is 18.0. The zero-order valence-electron chi connectivity index (χ0n) is 26.0. The van der Waals surface area contributed by atoms with Crippen molar-refractivity contribution in [1.29, 1.82) is 0 Å². The molecule has 50 heavy (non-hydrogen) atoms. The maximum atomic E-state index is 16.4. The second-order valence-electron chi connectivity index (χ2n) is 12.4. The highest BCUT2D eigenvalue weighted by molar-refractivity contribution is 8.07. The number of hydrogen-bond donors (Lipinski definition) is 3. The number of rotatable bonds is 0. The van der Waals surface area contributed by atoms with Gasteiger partial charge in [-0.15, -0.1) is 0 Å². The number of allylic oxidation sites excluding steroid dienone is 1. The lowest BCUT2D eigenvalue weighted by molar-refractivity contribution is -0.214. The molecule has 4 aromatic heterocycles. The van der Waals surface area contributed by atoms with E-state index in [4.69, 9.17) is 55.9 Å². The summed E-state index contributed by atoms with van der Waals surface area (Å²) in [5.41, 5.74) is 0.950. The lowest BCUT2D eigenvalue weighted by Crippen LogP contribution is -2.50. The van der Waals surface area contributed by atoms with E-state index in [-0.39, 0.29) is 5.65 Å². The summed E-state index contributed by atoms with van der Waals surface area (Å²) in [5, 5.41) is 3.21. The number of ether oxygens (including phenoxy) is 3. The Morgan fingerprint density at radius 2 is 1.64 bits per heavy atom. The van der Waals surface area contributed by atoms with E-state index < -0.39 is 81.4 Å². The zero-order valence-corrected chi connectivity index (χ0v) is 29.5. The van der Waals surface area contributed by atoms with Gasteiger partial charge in [-0.05, 0) is 43.4 Å². The van der Waals surface area contributed by atoms with E-state index in [1.807, 2.05) is 12.2 Å². The van der Waals surface area contributed by atoms with Crippen LogP contribution >= 0.6 is 13.4 Å². The van der Waals surface area contributed by atoms with Crippen LogP contribution in [0.4, 0.5) is 10.2 Å². The molecule has 0 aliphatic carbocycles. The van der Waals surface area contributed by atoms with Gasteiger partial charge in [0.2, 0.25) is 0 Å². The molecule has 4 saturated heterocycles. The molecule has 1 spiro atoms. The number of fused-ring (bicyclic) bond motifs is 10. The fraction of sp³-hybridized carbons (Fsp3) is 0.556. The van der Waals surface area contributed by atoms with Crippen LogP contribution in [0.15, 0.2) is 37.5 Å². The largest absolute Gasteiger partial charge is 0.365 e. The number of hydrogen-bond acceptors (Lipinski definition) is 16. The standard InChI is InChI=1S/C27H30FN9O9P2S2/c1-13-27-8-41-48(39,50)45-19-15-7-40-47(38,49)46-21(27)20(42-13)26(44-27)37-11-34-17-14(30-9-32-23(17)37)5-3-2-4-6-29-22-18-24(33-10-31-22)36(12-35-18)25(43-15)16(19)28/h2,4,9-13,15-16,19-21,25-26H,3,5-8H2,1H3,(H,38,49)(H,39,50)(H,29,31,33)/b4-2+/t13-,15+,16+,19+,20?,21-,25?,26+,27-,47?,48?/m0/s1. The maximum absolute atomic E-state index is 16.4. The van der Waals surface area contributed by atoms with Gasteiger partial charge in [-0.1, -0.05) is 12.2 Å². The highest BCUT2D eigenvalue weighted by Crippen LogP contribution is 2.60. The van der Waals surface area contributed by atoms with Crippen molar-refractivity contribution in [3.05, 3.63) is 43.2 Å². The molecule has 3 N–H and O–H groups in total. The molecular formula is C27H30FN9O9P2S2. The van der Waals surface area contributed by atoms with Gasteiger partial charge in [-0.25, -0.2) is 34.3 Å². The van der Waals surface area contributed by atoms with Crippen molar-refractivity contribution < 1.29 is 46.5 Å². The number of halogens is 1. The molecule has 266 valence electrons. The third-order valence-electron chi connectivity index (χ3n) is 9.52. The number of alkyl halides is 1. The topological polar surface area (TPSA) is 204 Å². The summed E-state index contributed by atoms with van der Waals surface area (Å²) in [5.74, 6) is 0.426. The molecule has 0 aromatic carbocycles. The monoisotopic (exact) mass is 769 g/mol. The zero-order chi connectivity index (χ0) is 34.4. The minimum Gasteiger partial charge on any atom is -0.365 e. The van der Waals surface area contributed by atoms with E-state index in [1.165, 1.54) is 23.5 Å². The molecule has 10 rings (SSSR count). The first-order valence-corrected chi connectivity index (χ1v) is 20.9. The Morgan fingerprint density at radius 1 is 0.900 bits per heavy atom. The Morgan fingerprint density at radius 3 is 2.48 bits per heavy atom. The van der Waals surface area contributed by atoms with E-state index >= 15 is 4.39 Å². The quantitative estimate of drug-likeness (QED) is 0.173. The van der Waals surface area contributed by atoms with Gasteiger partial charge in [0, 0.05) is 6.54 Å². The van der Waals surface area contributed by atoms with Crippen LogP contribution in [0.1, 0.15) is 31.5 Å². The number of nitrogens with zero attached hydrogens (tertiary/aromatic N) is 8. The smallest absolute Gasteiger partial charge is 0.325 e.